The van der Waals surface area contributed by atoms with Gasteiger partial charge in [0.05, 0.1) is 23.8 Å². The Hall–Kier alpha value is -5.19. The topological polar surface area (TPSA) is 140 Å². The number of aromatic carboxylic acids is 1. The van der Waals surface area contributed by atoms with Gasteiger partial charge >= 0.3 is 5.97 Å². The molecule has 0 saturated heterocycles. The van der Waals surface area contributed by atoms with Crippen LogP contribution in [-0.4, -0.2) is 45.0 Å². The number of hydrogen-bond acceptors (Lipinski definition) is 7. The standard InChI is InChI=1S/C36H30Cl2N4O6/c37-31-18-24(19-32(38)42-31)35(44)40-25-8-12-26(13-9-25)47-27-10-6-23-17-28(11-7-22(23)16-27)48-34-14-5-21(20-39-34)15-33(43)41-30-4-2-1-3-29(30)36(45)46/h1-7,10-11,14,16-20,25-26H,8-9,12-13,15H2,(H,40,44)(H,41,43)(H,45,46). The fourth-order valence-electron chi connectivity index (χ4n) is 5.58. The Morgan fingerprint density at radius 3 is 2.21 bits per heavy atom. The first-order chi connectivity index (χ1) is 23.2. The van der Waals surface area contributed by atoms with Crippen LogP contribution >= 0.6 is 23.2 Å². The first-order valence-electron chi connectivity index (χ1n) is 15.3. The second-order valence-electron chi connectivity index (χ2n) is 11.4. The lowest BCUT2D eigenvalue weighted by molar-refractivity contribution is -0.115. The summed E-state index contributed by atoms with van der Waals surface area (Å²) < 4.78 is 12.3. The quantitative estimate of drug-likeness (QED) is 0.127. The molecule has 0 bridgehead atoms. The molecule has 0 radical (unpaired) electrons. The molecule has 5 aromatic rings. The molecule has 48 heavy (non-hydrogen) atoms. The molecule has 2 heterocycles. The van der Waals surface area contributed by atoms with Crippen LogP contribution in [0.1, 0.15) is 52.0 Å². The van der Waals surface area contributed by atoms with Gasteiger partial charge in [-0.1, -0.05) is 53.5 Å². The van der Waals surface area contributed by atoms with Gasteiger partial charge in [0.2, 0.25) is 11.8 Å². The molecule has 12 heteroatoms. The van der Waals surface area contributed by atoms with E-state index in [1.165, 1.54) is 18.2 Å². The number of para-hydroxylation sites is 1. The van der Waals surface area contributed by atoms with Crippen molar-refractivity contribution in [2.75, 3.05) is 5.32 Å². The van der Waals surface area contributed by atoms with E-state index in [2.05, 4.69) is 20.6 Å². The summed E-state index contributed by atoms with van der Waals surface area (Å²) in [7, 11) is 0. The second kappa shape index (κ2) is 14.7. The number of anilines is 1. The zero-order valence-corrected chi connectivity index (χ0v) is 27.0. The van der Waals surface area contributed by atoms with E-state index in [4.69, 9.17) is 32.7 Å². The highest BCUT2D eigenvalue weighted by molar-refractivity contribution is 6.33. The first-order valence-corrected chi connectivity index (χ1v) is 16.0. The molecule has 0 spiro atoms. The lowest BCUT2D eigenvalue weighted by Crippen LogP contribution is -2.39. The summed E-state index contributed by atoms with van der Waals surface area (Å²) in [4.78, 5) is 44.8. The number of carbonyl (C=O) groups is 3. The summed E-state index contributed by atoms with van der Waals surface area (Å²) in [5.41, 5.74) is 1.30. The van der Waals surface area contributed by atoms with E-state index < -0.39 is 5.97 Å². The van der Waals surface area contributed by atoms with Crippen LogP contribution in [-0.2, 0) is 11.2 Å². The normalized spacial score (nSPS) is 15.8. The summed E-state index contributed by atoms with van der Waals surface area (Å²) >= 11 is 11.9. The van der Waals surface area contributed by atoms with Gasteiger partial charge in [-0.3, -0.25) is 9.59 Å². The van der Waals surface area contributed by atoms with E-state index in [1.807, 2.05) is 36.4 Å². The first kappa shape index (κ1) is 32.7. The Bertz CT molecular complexity index is 1960. The number of pyridine rings is 2. The zero-order valence-electron chi connectivity index (χ0n) is 25.5. The van der Waals surface area contributed by atoms with Gasteiger partial charge in [-0.25, -0.2) is 14.8 Å². The number of carbonyl (C=O) groups excluding carboxylic acids is 2. The molecule has 2 aromatic heterocycles. The molecule has 3 aromatic carbocycles. The number of benzene rings is 3. The minimum Gasteiger partial charge on any atom is -0.490 e. The second-order valence-corrected chi connectivity index (χ2v) is 12.2. The van der Waals surface area contributed by atoms with Gasteiger partial charge in [0.15, 0.2) is 0 Å². The zero-order chi connectivity index (χ0) is 33.6. The molecule has 0 aliphatic heterocycles. The highest BCUT2D eigenvalue weighted by atomic mass is 35.5. The molecule has 0 unspecified atom stereocenters. The summed E-state index contributed by atoms with van der Waals surface area (Å²) in [6, 6.07) is 24.3. The Kier molecular flexibility index (Phi) is 10.0. The minimum absolute atomic E-state index is 0.0225. The number of carboxylic acid groups (broad SMARTS) is 1. The van der Waals surface area contributed by atoms with Crippen LogP contribution in [0.15, 0.2) is 91.1 Å². The molecule has 1 fully saturated rings. The molecule has 10 nitrogen and oxygen atoms in total. The number of hydrogen-bond donors (Lipinski definition) is 3. The SMILES string of the molecule is O=C(Cc1ccc(Oc2ccc3cc(OC4CCC(NC(=O)c5cc(Cl)nc(Cl)c5)CC4)ccc3c2)nc1)Nc1ccccc1C(=O)O. The number of carboxylic acids is 1. The van der Waals surface area contributed by atoms with E-state index in [9.17, 15) is 19.5 Å². The average molecular weight is 686 g/mol. The molecule has 1 aliphatic rings. The van der Waals surface area contributed by atoms with Gasteiger partial charge in [-0.05, 0) is 90.6 Å². The van der Waals surface area contributed by atoms with Crippen LogP contribution in [0, 0.1) is 0 Å². The van der Waals surface area contributed by atoms with Crippen LogP contribution in [0.2, 0.25) is 10.3 Å². The lowest BCUT2D eigenvalue weighted by atomic mass is 9.92. The van der Waals surface area contributed by atoms with Crippen LogP contribution in [0.4, 0.5) is 5.69 Å². The molecule has 6 rings (SSSR count). The fourth-order valence-corrected chi connectivity index (χ4v) is 6.04. The number of ether oxygens (including phenoxy) is 2. The molecule has 244 valence electrons. The van der Waals surface area contributed by atoms with E-state index in [0.29, 0.717) is 22.8 Å². The third-order valence-electron chi connectivity index (χ3n) is 7.94. The van der Waals surface area contributed by atoms with E-state index in [-0.39, 0.29) is 51.9 Å². The number of nitrogens with one attached hydrogen (secondary N) is 2. The molecular weight excluding hydrogens is 655 g/mol. The van der Waals surface area contributed by atoms with Crippen LogP contribution in [0.25, 0.3) is 10.8 Å². The van der Waals surface area contributed by atoms with Gasteiger partial charge < -0.3 is 25.2 Å². The third kappa shape index (κ3) is 8.39. The van der Waals surface area contributed by atoms with Crippen molar-refractivity contribution in [2.45, 2.75) is 44.2 Å². The summed E-state index contributed by atoms with van der Waals surface area (Å²) in [5.74, 6) is 0.0606. The van der Waals surface area contributed by atoms with Gasteiger partial charge in [0.1, 0.15) is 21.8 Å². The molecule has 1 saturated carbocycles. The highest BCUT2D eigenvalue weighted by Crippen LogP contribution is 2.30. The highest BCUT2D eigenvalue weighted by Gasteiger charge is 2.24. The summed E-state index contributed by atoms with van der Waals surface area (Å²) in [6.07, 6.45) is 4.82. The minimum atomic E-state index is -1.12. The number of halogens is 2. The smallest absolute Gasteiger partial charge is 0.337 e. The van der Waals surface area contributed by atoms with Crippen LogP contribution in [0.3, 0.4) is 0 Å². The Labute approximate surface area is 286 Å². The average Bonchev–Trinajstić information content (AvgIpc) is 3.06. The predicted molar refractivity (Wildman–Crippen MR) is 182 cm³/mol. The molecular formula is C36H30Cl2N4O6. The van der Waals surface area contributed by atoms with Crippen molar-refractivity contribution < 1.29 is 29.0 Å². The van der Waals surface area contributed by atoms with Gasteiger partial charge in [-0.15, -0.1) is 0 Å². The number of fused-ring (bicyclic) bond motifs is 1. The van der Waals surface area contributed by atoms with Crippen molar-refractivity contribution in [3.8, 4) is 17.4 Å². The van der Waals surface area contributed by atoms with Crippen LogP contribution in [0.5, 0.6) is 17.4 Å². The Morgan fingerprint density at radius 1 is 0.833 bits per heavy atom. The third-order valence-corrected chi connectivity index (χ3v) is 8.32. The number of rotatable bonds is 10. The lowest BCUT2D eigenvalue weighted by Gasteiger charge is -2.29. The van der Waals surface area contributed by atoms with Crippen LogP contribution < -0.4 is 20.1 Å². The fraction of sp³-hybridized carbons (Fsp3) is 0.194. The van der Waals surface area contributed by atoms with E-state index in [0.717, 1.165) is 42.2 Å². The van der Waals surface area contributed by atoms with Gasteiger partial charge in [0, 0.05) is 23.9 Å². The number of aromatic nitrogens is 2. The van der Waals surface area contributed by atoms with E-state index in [1.54, 1.807) is 36.5 Å². The maximum atomic E-state index is 12.6. The van der Waals surface area contributed by atoms with Gasteiger partial charge in [0.25, 0.3) is 5.91 Å². The largest absolute Gasteiger partial charge is 0.490 e. The summed E-state index contributed by atoms with van der Waals surface area (Å²) in [5, 5.41) is 17.3. The van der Waals surface area contributed by atoms with Crippen molar-refractivity contribution in [3.05, 3.63) is 118 Å². The maximum absolute atomic E-state index is 12.6. The number of nitrogens with zero attached hydrogens (tertiary/aromatic N) is 2. The van der Waals surface area contributed by atoms with E-state index >= 15 is 0 Å². The Morgan fingerprint density at radius 2 is 1.52 bits per heavy atom. The van der Waals surface area contributed by atoms with Crippen molar-refractivity contribution >= 4 is 57.4 Å². The van der Waals surface area contributed by atoms with Gasteiger partial charge in [-0.2, -0.15) is 0 Å². The van der Waals surface area contributed by atoms with Crippen molar-refractivity contribution in [1.29, 1.82) is 0 Å². The molecule has 0 atom stereocenters. The maximum Gasteiger partial charge on any atom is 0.337 e. The Balaban J connectivity index is 0.991. The van der Waals surface area contributed by atoms with Crippen molar-refractivity contribution in [3.63, 3.8) is 0 Å². The molecule has 2 amide bonds. The summed E-state index contributed by atoms with van der Waals surface area (Å²) in [6.45, 7) is 0. The van der Waals surface area contributed by atoms with Crippen molar-refractivity contribution in [1.82, 2.24) is 15.3 Å². The monoisotopic (exact) mass is 684 g/mol. The molecule has 1 aliphatic carbocycles. The van der Waals surface area contributed by atoms with Crippen molar-refractivity contribution in [2.24, 2.45) is 0 Å². The molecule has 3 N–H and O–H groups in total. The predicted octanol–water partition coefficient (Wildman–Crippen LogP) is 7.73. The number of amides is 2.